The van der Waals surface area contributed by atoms with Gasteiger partial charge in [-0.1, -0.05) is 6.07 Å². The van der Waals surface area contributed by atoms with Gasteiger partial charge in [-0.05, 0) is 48.0 Å². The number of amides is 2. The highest BCUT2D eigenvalue weighted by Gasteiger charge is 2.12. The van der Waals surface area contributed by atoms with Crippen LogP contribution in [0.3, 0.4) is 0 Å². The molecule has 2 amide bonds. The van der Waals surface area contributed by atoms with Crippen molar-refractivity contribution in [3.05, 3.63) is 54.1 Å². The molecule has 24 heavy (non-hydrogen) atoms. The molecular formula is C18H16N2O4. The third kappa shape index (κ3) is 3.92. The highest BCUT2D eigenvalue weighted by atomic mass is 16.7. The summed E-state index contributed by atoms with van der Waals surface area (Å²) in [5.41, 5.74) is 2.16. The second-order valence-electron chi connectivity index (χ2n) is 5.19. The van der Waals surface area contributed by atoms with Crippen LogP contribution in [0.1, 0.15) is 12.5 Å². The molecule has 6 heteroatoms. The summed E-state index contributed by atoms with van der Waals surface area (Å²) in [6.07, 6.45) is 3.14. The maximum atomic E-state index is 12.0. The fourth-order valence-corrected chi connectivity index (χ4v) is 2.21. The van der Waals surface area contributed by atoms with Gasteiger partial charge in [0, 0.05) is 24.4 Å². The summed E-state index contributed by atoms with van der Waals surface area (Å²) in [4.78, 5) is 22.9. The zero-order chi connectivity index (χ0) is 16.9. The Bertz CT molecular complexity index is 797. The van der Waals surface area contributed by atoms with Crippen LogP contribution in [-0.4, -0.2) is 18.6 Å². The summed E-state index contributed by atoms with van der Waals surface area (Å²) < 4.78 is 10.5. The predicted octanol–water partition coefficient (Wildman–Crippen LogP) is 3.03. The molecule has 0 fully saturated rings. The zero-order valence-electron chi connectivity index (χ0n) is 13.0. The highest BCUT2D eigenvalue weighted by molar-refractivity contribution is 6.02. The van der Waals surface area contributed by atoms with Gasteiger partial charge in [0.2, 0.25) is 18.6 Å². The molecular weight excluding hydrogens is 308 g/mol. The van der Waals surface area contributed by atoms with Gasteiger partial charge in [-0.15, -0.1) is 0 Å². The number of hydrogen-bond acceptors (Lipinski definition) is 4. The zero-order valence-corrected chi connectivity index (χ0v) is 13.0. The molecule has 0 aromatic heterocycles. The third-order valence-corrected chi connectivity index (χ3v) is 3.30. The number of nitrogens with one attached hydrogen (secondary N) is 2. The summed E-state index contributed by atoms with van der Waals surface area (Å²) in [6, 6.07) is 12.3. The Labute approximate surface area is 139 Å². The molecule has 3 rings (SSSR count). The number of carbonyl (C=O) groups excluding carboxylic acids is 2. The van der Waals surface area contributed by atoms with Gasteiger partial charge in [0.1, 0.15) is 0 Å². The highest BCUT2D eigenvalue weighted by Crippen LogP contribution is 2.32. The lowest BCUT2D eigenvalue weighted by Crippen LogP contribution is -2.08. The van der Waals surface area contributed by atoms with Gasteiger partial charge < -0.3 is 20.1 Å². The van der Waals surface area contributed by atoms with E-state index in [-0.39, 0.29) is 18.6 Å². The van der Waals surface area contributed by atoms with Gasteiger partial charge in [-0.25, -0.2) is 0 Å². The van der Waals surface area contributed by atoms with E-state index in [0.29, 0.717) is 22.9 Å². The number of rotatable bonds is 4. The van der Waals surface area contributed by atoms with Crippen LogP contribution in [0, 0.1) is 0 Å². The fourth-order valence-electron chi connectivity index (χ4n) is 2.21. The average Bonchev–Trinajstić information content (AvgIpc) is 3.02. The second-order valence-corrected chi connectivity index (χ2v) is 5.19. The van der Waals surface area contributed by atoms with Crippen LogP contribution in [0.5, 0.6) is 11.5 Å². The first-order valence-corrected chi connectivity index (χ1v) is 7.36. The smallest absolute Gasteiger partial charge is 0.248 e. The Kier molecular flexibility index (Phi) is 4.47. The number of hydrogen-bond donors (Lipinski definition) is 2. The molecule has 0 aliphatic carbocycles. The first-order valence-electron chi connectivity index (χ1n) is 7.36. The average molecular weight is 324 g/mol. The molecule has 0 spiro atoms. The fraction of sp³-hybridized carbons (Fsp3) is 0.111. The Morgan fingerprint density at radius 1 is 0.958 bits per heavy atom. The van der Waals surface area contributed by atoms with E-state index in [1.165, 1.54) is 13.0 Å². The Balaban J connectivity index is 1.59. The Morgan fingerprint density at radius 2 is 1.62 bits per heavy atom. The van der Waals surface area contributed by atoms with Crippen molar-refractivity contribution in [2.45, 2.75) is 6.92 Å². The number of anilines is 2. The van der Waals surface area contributed by atoms with Gasteiger partial charge in [-0.3, -0.25) is 9.59 Å². The Morgan fingerprint density at radius 3 is 2.33 bits per heavy atom. The van der Waals surface area contributed by atoms with Crippen molar-refractivity contribution >= 4 is 29.3 Å². The van der Waals surface area contributed by atoms with E-state index >= 15 is 0 Å². The molecule has 1 heterocycles. The summed E-state index contributed by atoms with van der Waals surface area (Å²) in [5.74, 6) is 0.986. The first kappa shape index (κ1) is 15.6. The SMILES string of the molecule is CC(=O)Nc1ccc(NC(=O)/C=C/c2ccc3c(c2)OCO3)cc1. The van der Waals surface area contributed by atoms with E-state index in [0.717, 1.165) is 5.56 Å². The van der Waals surface area contributed by atoms with Crippen LogP contribution in [0.25, 0.3) is 6.08 Å². The topological polar surface area (TPSA) is 76.7 Å². The standard InChI is InChI=1S/C18H16N2O4/c1-12(21)19-14-4-6-15(7-5-14)20-18(22)9-3-13-2-8-16-17(10-13)24-11-23-16/h2-10H,11H2,1H3,(H,19,21)(H,20,22)/b9-3+. The van der Waals surface area contributed by atoms with Gasteiger partial charge >= 0.3 is 0 Å². The first-order chi connectivity index (χ1) is 11.6. The number of benzene rings is 2. The van der Waals surface area contributed by atoms with Crippen LogP contribution in [0.15, 0.2) is 48.5 Å². The van der Waals surface area contributed by atoms with Crippen molar-refractivity contribution in [2.75, 3.05) is 17.4 Å². The maximum Gasteiger partial charge on any atom is 0.248 e. The van der Waals surface area contributed by atoms with E-state index in [9.17, 15) is 9.59 Å². The largest absolute Gasteiger partial charge is 0.454 e. The molecule has 1 aliphatic heterocycles. The lowest BCUT2D eigenvalue weighted by Gasteiger charge is -2.05. The van der Waals surface area contributed by atoms with Crippen molar-refractivity contribution in [1.82, 2.24) is 0 Å². The molecule has 2 aromatic rings. The quantitative estimate of drug-likeness (QED) is 0.848. The molecule has 0 saturated carbocycles. The van der Waals surface area contributed by atoms with Gasteiger partial charge in [0.25, 0.3) is 0 Å². The molecule has 0 unspecified atom stereocenters. The number of carbonyl (C=O) groups is 2. The molecule has 6 nitrogen and oxygen atoms in total. The van der Waals surface area contributed by atoms with Crippen molar-refractivity contribution < 1.29 is 19.1 Å². The van der Waals surface area contributed by atoms with Crippen LogP contribution in [0.2, 0.25) is 0 Å². The molecule has 0 atom stereocenters. The molecule has 2 aromatic carbocycles. The van der Waals surface area contributed by atoms with E-state index in [1.54, 1.807) is 36.4 Å². The number of fused-ring (bicyclic) bond motifs is 1. The van der Waals surface area contributed by atoms with Crippen LogP contribution >= 0.6 is 0 Å². The third-order valence-electron chi connectivity index (χ3n) is 3.30. The van der Waals surface area contributed by atoms with Crippen molar-refractivity contribution in [3.63, 3.8) is 0 Å². The molecule has 0 radical (unpaired) electrons. The van der Waals surface area contributed by atoms with Gasteiger partial charge in [0.15, 0.2) is 11.5 Å². The van der Waals surface area contributed by atoms with E-state index in [2.05, 4.69) is 10.6 Å². The number of ether oxygens (including phenoxy) is 2. The minimum absolute atomic E-state index is 0.140. The molecule has 122 valence electrons. The summed E-state index contributed by atoms with van der Waals surface area (Å²) in [7, 11) is 0. The van der Waals surface area contributed by atoms with E-state index < -0.39 is 0 Å². The lowest BCUT2D eigenvalue weighted by atomic mass is 10.2. The van der Waals surface area contributed by atoms with Crippen molar-refractivity contribution in [3.8, 4) is 11.5 Å². The minimum Gasteiger partial charge on any atom is -0.454 e. The van der Waals surface area contributed by atoms with E-state index in [4.69, 9.17) is 9.47 Å². The molecule has 0 bridgehead atoms. The Hall–Kier alpha value is -3.28. The van der Waals surface area contributed by atoms with Crippen molar-refractivity contribution in [2.24, 2.45) is 0 Å². The second kappa shape index (κ2) is 6.87. The predicted molar refractivity (Wildman–Crippen MR) is 91.0 cm³/mol. The minimum atomic E-state index is -0.250. The normalized spacial score (nSPS) is 12.2. The lowest BCUT2D eigenvalue weighted by molar-refractivity contribution is -0.114. The molecule has 1 aliphatic rings. The van der Waals surface area contributed by atoms with Crippen LogP contribution in [-0.2, 0) is 9.59 Å². The molecule has 0 saturated heterocycles. The summed E-state index contributed by atoms with van der Waals surface area (Å²) >= 11 is 0. The van der Waals surface area contributed by atoms with Crippen LogP contribution in [0.4, 0.5) is 11.4 Å². The van der Waals surface area contributed by atoms with Gasteiger partial charge in [0.05, 0.1) is 0 Å². The van der Waals surface area contributed by atoms with Crippen molar-refractivity contribution in [1.29, 1.82) is 0 Å². The van der Waals surface area contributed by atoms with E-state index in [1.807, 2.05) is 12.1 Å². The summed E-state index contributed by atoms with van der Waals surface area (Å²) in [5, 5.41) is 5.42. The monoisotopic (exact) mass is 324 g/mol. The maximum absolute atomic E-state index is 12.0. The van der Waals surface area contributed by atoms with Gasteiger partial charge in [-0.2, -0.15) is 0 Å². The van der Waals surface area contributed by atoms with Crippen LogP contribution < -0.4 is 20.1 Å². The molecule has 2 N–H and O–H groups in total. The summed E-state index contributed by atoms with van der Waals surface area (Å²) in [6.45, 7) is 1.66.